The zero-order chi connectivity index (χ0) is 24.2. The number of ether oxygens (including phenoxy) is 2. The lowest BCUT2D eigenvalue weighted by Crippen LogP contribution is -2.41. The van der Waals surface area contributed by atoms with Crippen LogP contribution in [-0.2, 0) is 37.1 Å². The third-order valence-corrected chi connectivity index (χ3v) is 7.14. The highest BCUT2D eigenvalue weighted by atomic mass is 32.2. The first-order valence-electron chi connectivity index (χ1n) is 10.1. The van der Waals surface area contributed by atoms with Gasteiger partial charge in [0.2, 0.25) is 10.0 Å². The Bertz CT molecular complexity index is 1100. The molecule has 1 aromatic carbocycles. The van der Waals surface area contributed by atoms with Crippen molar-refractivity contribution >= 4 is 22.0 Å². The summed E-state index contributed by atoms with van der Waals surface area (Å²) in [4.78, 5) is 23.4. The molecular formula is C21H22F3NO7S. The number of carbonyl (C=O) groups is 2. The molecule has 1 aliphatic rings. The number of alkyl halides is 3. The third kappa shape index (κ3) is 5.56. The molecular weight excluding hydrogens is 467 g/mol. The van der Waals surface area contributed by atoms with E-state index in [4.69, 9.17) is 13.9 Å². The fraction of sp³-hybridized carbons (Fsp3) is 0.429. The molecule has 0 N–H and O–H groups in total. The molecule has 1 aliphatic heterocycles. The van der Waals surface area contributed by atoms with Gasteiger partial charge in [0.25, 0.3) is 0 Å². The smallest absolute Gasteiger partial charge is 0.417 e. The SMILES string of the molecule is CCOC(=O)c1ccoc1COC(=O)C1CCN(S(=O)(=O)c2ccccc2C(F)(F)F)CC1. The molecule has 1 aromatic heterocycles. The van der Waals surface area contributed by atoms with Crippen LogP contribution in [0.2, 0.25) is 0 Å². The zero-order valence-corrected chi connectivity index (χ0v) is 18.4. The third-order valence-electron chi connectivity index (χ3n) is 5.18. The normalized spacial score (nSPS) is 15.9. The average molecular weight is 489 g/mol. The van der Waals surface area contributed by atoms with Crippen molar-refractivity contribution in [3.05, 3.63) is 53.5 Å². The number of halogens is 3. The highest BCUT2D eigenvalue weighted by Gasteiger charge is 2.40. The number of nitrogens with zero attached hydrogens (tertiary/aromatic N) is 1. The summed E-state index contributed by atoms with van der Waals surface area (Å²) < 4.78 is 81.6. The van der Waals surface area contributed by atoms with E-state index in [1.807, 2.05) is 0 Å². The van der Waals surface area contributed by atoms with Crippen molar-refractivity contribution < 1.29 is 45.1 Å². The molecule has 8 nitrogen and oxygen atoms in total. The number of hydrogen-bond donors (Lipinski definition) is 0. The van der Waals surface area contributed by atoms with Gasteiger partial charge in [0.05, 0.1) is 29.2 Å². The minimum Gasteiger partial charge on any atom is -0.465 e. The summed E-state index contributed by atoms with van der Waals surface area (Å²) in [6.45, 7) is 1.23. The van der Waals surface area contributed by atoms with Crippen LogP contribution in [-0.4, -0.2) is 44.4 Å². The molecule has 0 radical (unpaired) electrons. The van der Waals surface area contributed by atoms with Crippen LogP contribution in [0.3, 0.4) is 0 Å². The van der Waals surface area contributed by atoms with Gasteiger partial charge in [-0.1, -0.05) is 12.1 Å². The maximum absolute atomic E-state index is 13.3. The maximum atomic E-state index is 13.3. The molecule has 0 spiro atoms. The van der Waals surface area contributed by atoms with E-state index >= 15 is 0 Å². The molecule has 12 heteroatoms. The number of furan rings is 1. The molecule has 0 unspecified atom stereocenters. The van der Waals surface area contributed by atoms with Gasteiger partial charge in [-0.25, -0.2) is 13.2 Å². The summed E-state index contributed by atoms with van der Waals surface area (Å²) in [7, 11) is -4.40. The number of sulfonamides is 1. The number of carbonyl (C=O) groups excluding carboxylic acids is 2. The predicted octanol–water partition coefficient (Wildman–Crippen LogP) is 3.62. The van der Waals surface area contributed by atoms with Gasteiger partial charge in [-0.05, 0) is 38.0 Å². The zero-order valence-electron chi connectivity index (χ0n) is 17.6. The van der Waals surface area contributed by atoms with E-state index in [9.17, 15) is 31.2 Å². The second-order valence-electron chi connectivity index (χ2n) is 7.26. The summed E-state index contributed by atoms with van der Waals surface area (Å²) >= 11 is 0. The summed E-state index contributed by atoms with van der Waals surface area (Å²) in [6, 6.07) is 5.38. The summed E-state index contributed by atoms with van der Waals surface area (Å²) in [6.07, 6.45) is -3.40. The van der Waals surface area contributed by atoms with Gasteiger partial charge in [0.1, 0.15) is 12.2 Å². The van der Waals surface area contributed by atoms with Crippen molar-refractivity contribution in [2.24, 2.45) is 5.92 Å². The molecule has 0 bridgehead atoms. The topological polar surface area (TPSA) is 103 Å². The molecule has 180 valence electrons. The van der Waals surface area contributed by atoms with Gasteiger partial charge in [-0.2, -0.15) is 17.5 Å². The Morgan fingerprint density at radius 2 is 1.79 bits per heavy atom. The highest BCUT2D eigenvalue weighted by molar-refractivity contribution is 7.89. The molecule has 0 amide bonds. The minimum atomic E-state index is -4.82. The Kier molecular flexibility index (Phi) is 7.48. The predicted molar refractivity (Wildman–Crippen MR) is 107 cm³/mol. The Hall–Kier alpha value is -2.86. The second kappa shape index (κ2) is 9.96. The van der Waals surface area contributed by atoms with Crippen LogP contribution in [0.4, 0.5) is 13.2 Å². The van der Waals surface area contributed by atoms with Gasteiger partial charge >= 0.3 is 18.1 Å². The van der Waals surface area contributed by atoms with Crippen molar-refractivity contribution in [3.8, 4) is 0 Å². The molecule has 2 heterocycles. The van der Waals surface area contributed by atoms with Gasteiger partial charge in [-0.15, -0.1) is 0 Å². The van der Waals surface area contributed by atoms with E-state index in [0.717, 1.165) is 22.5 Å². The lowest BCUT2D eigenvalue weighted by molar-refractivity contribution is -0.151. The van der Waals surface area contributed by atoms with Crippen LogP contribution >= 0.6 is 0 Å². The molecule has 2 aromatic rings. The van der Waals surface area contributed by atoms with Crippen LogP contribution in [0.1, 0.15) is 41.4 Å². The molecule has 1 saturated heterocycles. The molecule has 0 aliphatic carbocycles. The van der Waals surface area contributed by atoms with Crippen LogP contribution in [0.25, 0.3) is 0 Å². The van der Waals surface area contributed by atoms with Crippen LogP contribution in [0.5, 0.6) is 0 Å². The molecule has 1 fully saturated rings. The highest BCUT2D eigenvalue weighted by Crippen LogP contribution is 2.36. The molecule has 0 atom stereocenters. The Morgan fingerprint density at radius 3 is 2.42 bits per heavy atom. The summed E-state index contributed by atoms with van der Waals surface area (Å²) in [5.74, 6) is -1.76. The maximum Gasteiger partial charge on any atom is 0.417 e. The first kappa shape index (κ1) is 24.8. The van der Waals surface area contributed by atoms with Crippen LogP contribution in [0.15, 0.2) is 45.9 Å². The van der Waals surface area contributed by atoms with Crippen molar-refractivity contribution in [2.75, 3.05) is 19.7 Å². The number of hydrogen-bond acceptors (Lipinski definition) is 7. The number of rotatable bonds is 7. The lowest BCUT2D eigenvalue weighted by Gasteiger charge is -2.30. The van der Waals surface area contributed by atoms with Crippen LogP contribution < -0.4 is 0 Å². The molecule has 33 heavy (non-hydrogen) atoms. The molecule has 0 saturated carbocycles. The van der Waals surface area contributed by atoms with E-state index in [-0.39, 0.29) is 50.5 Å². The van der Waals surface area contributed by atoms with E-state index in [1.54, 1.807) is 6.92 Å². The van der Waals surface area contributed by atoms with Gasteiger partial charge in [-0.3, -0.25) is 4.79 Å². The molecule has 3 rings (SSSR count). The second-order valence-corrected chi connectivity index (χ2v) is 9.16. The first-order chi connectivity index (χ1) is 15.6. The standard InChI is InChI=1S/C21H22F3NO7S/c1-2-30-20(27)15-9-12-31-17(15)13-32-19(26)14-7-10-25(11-8-14)33(28,29)18-6-4-3-5-16(18)21(22,23)24/h3-6,9,12,14H,2,7-8,10-11,13H2,1H3. The van der Waals surface area contributed by atoms with E-state index in [1.165, 1.54) is 18.4 Å². The Balaban J connectivity index is 1.61. The van der Waals surface area contributed by atoms with Crippen molar-refractivity contribution in [1.29, 1.82) is 0 Å². The van der Waals surface area contributed by atoms with E-state index in [2.05, 4.69) is 0 Å². The first-order valence-corrected chi connectivity index (χ1v) is 11.6. The van der Waals surface area contributed by atoms with E-state index in [0.29, 0.717) is 0 Å². The monoisotopic (exact) mass is 489 g/mol. The van der Waals surface area contributed by atoms with Crippen LogP contribution in [0, 0.1) is 5.92 Å². The fourth-order valence-corrected chi connectivity index (χ4v) is 5.18. The Morgan fingerprint density at radius 1 is 1.12 bits per heavy atom. The minimum absolute atomic E-state index is 0.0785. The summed E-state index contributed by atoms with van der Waals surface area (Å²) in [5.41, 5.74) is -1.10. The Labute approximate surface area is 188 Å². The van der Waals surface area contributed by atoms with Crippen molar-refractivity contribution in [3.63, 3.8) is 0 Å². The number of piperidine rings is 1. The average Bonchev–Trinajstić information content (AvgIpc) is 3.26. The van der Waals surface area contributed by atoms with Gasteiger partial charge < -0.3 is 13.9 Å². The quantitative estimate of drug-likeness (QED) is 0.548. The number of esters is 2. The van der Waals surface area contributed by atoms with Gasteiger partial charge in [0, 0.05) is 13.1 Å². The van der Waals surface area contributed by atoms with Gasteiger partial charge in [0.15, 0.2) is 5.76 Å². The summed E-state index contributed by atoms with van der Waals surface area (Å²) in [5, 5.41) is 0. The largest absolute Gasteiger partial charge is 0.465 e. The number of benzene rings is 1. The lowest BCUT2D eigenvalue weighted by atomic mass is 9.98. The van der Waals surface area contributed by atoms with E-state index < -0.39 is 44.5 Å². The van der Waals surface area contributed by atoms with Crippen molar-refractivity contribution in [2.45, 2.75) is 37.4 Å². The van der Waals surface area contributed by atoms with Crippen molar-refractivity contribution in [1.82, 2.24) is 4.31 Å². The fourth-order valence-electron chi connectivity index (χ4n) is 3.49.